The Morgan fingerprint density at radius 1 is 1.16 bits per heavy atom. The van der Waals surface area contributed by atoms with Crippen LogP contribution in [0.15, 0.2) is 18.5 Å². The van der Waals surface area contributed by atoms with Gasteiger partial charge in [0.05, 0.1) is 6.54 Å². The molecule has 0 radical (unpaired) electrons. The highest BCUT2D eigenvalue weighted by Crippen LogP contribution is 2.26. The van der Waals surface area contributed by atoms with Crippen LogP contribution < -0.4 is 4.90 Å². The molecule has 102 valence electrons. The Kier molecular flexibility index (Phi) is 3.62. The molecule has 1 saturated heterocycles. The molecule has 0 aromatic carbocycles. The summed E-state index contributed by atoms with van der Waals surface area (Å²) in [6, 6.07) is 1.79. The Labute approximate surface area is 113 Å². The quantitative estimate of drug-likeness (QED) is 0.822. The Balaban J connectivity index is 1.58. The van der Waals surface area contributed by atoms with Crippen molar-refractivity contribution < 1.29 is 4.79 Å². The molecule has 5 heteroatoms. The molecule has 2 fully saturated rings. The first-order valence-electron chi connectivity index (χ1n) is 7.12. The van der Waals surface area contributed by atoms with E-state index in [2.05, 4.69) is 9.97 Å². The molecule has 2 aliphatic rings. The van der Waals surface area contributed by atoms with E-state index in [0.29, 0.717) is 12.5 Å². The second kappa shape index (κ2) is 5.55. The molecular formula is C14H20N4O. The van der Waals surface area contributed by atoms with E-state index < -0.39 is 0 Å². The molecule has 1 amide bonds. The van der Waals surface area contributed by atoms with Crippen LogP contribution in [0, 0.1) is 5.92 Å². The lowest BCUT2D eigenvalue weighted by Crippen LogP contribution is -2.52. The van der Waals surface area contributed by atoms with E-state index in [-0.39, 0.29) is 5.91 Å². The summed E-state index contributed by atoms with van der Waals surface area (Å²) in [6.07, 6.45) is 8.67. The second-order valence-electron chi connectivity index (χ2n) is 5.46. The monoisotopic (exact) mass is 260 g/mol. The van der Waals surface area contributed by atoms with Gasteiger partial charge in [-0.05, 0) is 24.8 Å². The molecule has 1 aromatic rings. The molecule has 1 aliphatic heterocycles. The summed E-state index contributed by atoms with van der Waals surface area (Å²) in [5.41, 5.74) is 0. The van der Waals surface area contributed by atoms with Gasteiger partial charge in [-0.25, -0.2) is 9.97 Å². The molecule has 5 nitrogen and oxygen atoms in total. The zero-order valence-electron chi connectivity index (χ0n) is 11.2. The molecule has 0 spiro atoms. The number of carbonyl (C=O) groups is 1. The second-order valence-corrected chi connectivity index (χ2v) is 5.46. The van der Waals surface area contributed by atoms with Gasteiger partial charge in [0.25, 0.3) is 0 Å². The fourth-order valence-electron chi connectivity index (χ4n) is 3.03. The van der Waals surface area contributed by atoms with Gasteiger partial charge in [-0.3, -0.25) is 4.79 Å². The van der Waals surface area contributed by atoms with E-state index in [0.717, 1.165) is 25.6 Å². The third-order valence-electron chi connectivity index (χ3n) is 4.11. The van der Waals surface area contributed by atoms with E-state index in [9.17, 15) is 4.79 Å². The highest BCUT2D eigenvalue weighted by Gasteiger charge is 2.28. The minimum atomic E-state index is 0.214. The molecule has 2 heterocycles. The molecule has 1 saturated carbocycles. The lowest BCUT2D eigenvalue weighted by Gasteiger charge is -2.35. The maximum atomic E-state index is 12.2. The minimum Gasteiger partial charge on any atom is -0.339 e. The summed E-state index contributed by atoms with van der Waals surface area (Å²) < 4.78 is 0. The molecule has 19 heavy (non-hydrogen) atoms. The lowest BCUT2D eigenvalue weighted by molar-refractivity contribution is -0.131. The fourth-order valence-corrected chi connectivity index (χ4v) is 3.03. The van der Waals surface area contributed by atoms with Crippen LogP contribution in [0.4, 0.5) is 5.95 Å². The van der Waals surface area contributed by atoms with Crippen LogP contribution >= 0.6 is 0 Å². The summed E-state index contributed by atoms with van der Waals surface area (Å²) in [6.45, 7) is 3.00. The van der Waals surface area contributed by atoms with Crippen LogP contribution in [0.3, 0.4) is 0 Å². The number of hydrogen-bond donors (Lipinski definition) is 0. The molecule has 0 N–H and O–H groups in total. The number of amides is 1. The first kappa shape index (κ1) is 12.4. The van der Waals surface area contributed by atoms with Crippen molar-refractivity contribution in [1.29, 1.82) is 0 Å². The standard InChI is InChI=1S/C14H20N4O/c19-13-11-18(14-15-6-3-7-16-14)9-8-17(13)10-12-4-1-2-5-12/h3,6-7,12H,1-2,4-5,8-11H2. The number of carbonyl (C=O) groups excluding carboxylic acids is 1. The molecule has 3 rings (SSSR count). The summed E-state index contributed by atoms with van der Waals surface area (Å²) in [5.74, 6) is 1.60. The van der Waals surface area contributed by atoms with Crippen LogP contribution in [0.25, 0.3) is 0 Å². The lowest BCUT2D eigenvalue weighted by atomic mass is 10.1. The number of nitrogens with zero attached hydrogens (tertiary/aromatic N) is 4. The first-order chi connectivity index (χ1) is 9.33. The zero-order chi connectivity index (χ0) is 13.1. The van der Waals surface area contributed by atoms with E-state index in [4.69, 9.17) is 0 Å². The third kappa shape index (κ3) is 2.85. The Bertz CT molecular complexity index is 430. The number of piperazine rings is 1. The average molecular weight is 260 g/mol. The number of aromatic nitrogens is 2. The number of hydrogen-bond acceptors (Lipinski definition) is 4. The summed E-state index contributed by atoms with van der Waals surface area (Å²) in [7, 11) is 0. The van der Waals surface area contributed by atoms with Crippen molar-refractivity contribution in [3.8, 4) is 0 Å². The zero-order valence-corrected chi connectivity index (χ0v) is 11.2. The van der Waals surface area contributed by atoms with Crippen LogP contribution in [0.5, 0.6) is 0 Å². The van der Waals surface area contributed by atoms with Crippen LogP contribution in [0.1, 0.15) is 25.7 Å². The number of anilines is 1. The van der Waals surface area contributed by atoms with Gasteiger partial charge in [0, 0.05) is 32.0 Å². The molecule has 0 unspecified atom stereocenters. The smallest absolute Gasteiger partial charge is 0.242 e. The highest BCUT2D eigenvalue weighted by molar-refractivity contribution is 5.82. The van der Waals surface area contributed by atoms with Gasteiger partial charge < -0.3 is 9.80 Å². The van der Waals surface area contributed by atoms with Gasteiger partial charge in [0.15, 0.2) is 0 Å². The molecule has 1 aromatic heterocycles. The molecule has 0 atom stereocenters. The van der Waals surface area contributed by atoms with Crippen molar-refractivity contribution in [2.24, 2.45) is 5.92 Å². The Morgan fingerprint density at radius 2 is 1.89 bits per heavy atom. The van der Waals surface area contributed by atoms with Crippen molar-refractivity contribution in [3.05, 3.63) is 18.5 Å². The van der Waals surface area contributed by atoms with Crippen LogP contribution in [-0.2, 0) is 4.79 Å². The van der Waals surface area contributed by atoms with Gasteiger partial charge in [0.1, 0.15) is 0 Å². The average Bonchev–Trinajstić information content (AvgIpc) is 2.95. The maximum absolute atomic E-state index is 12.2. The first-order valence-corrected chi connectivity index (χ1v) is 7.12. The fraction of sp³-hybridized carbons (Fsp3) is 0.643. The van der Waals surface area contributed by atoms with Gasteiger partial charge in [-0.2, -0.15) is 0 Å². The van der Waals surface area contributed by atoms with Crippen molar-refractivity contribution in [3.63, 3.8) is 0 Å². The van der Waals surface area contributed by atoms with E-state index in [1.807, 2.05) is 9.80 Å². The SMILES string of the molecule is O=C1CN(c2ncccn2)CCN1CC1CCCC1. The minimum absolute atomic E-state index is 0.214. The van der Waals surface area contributed by atoms with Crippen LogP contribution in [-0.4, -0.2) is 47.0 Å². The van der Waals surface area contributed by atoms with Crippen molar-refractivity contribution in [2.75, 3.05) is 31.1 Å². The normalized spacial score (nSPS) is 21.2. The van der Waals surface area contributed by atoms with Crippen molar-refractivity contribution in [2.45, 2.75) is 25.7 Å². The number of rotatable bonds is 3. The Hall–Kier alpha value is -1.65. The van der Waals surface area contributed by atoms with Gasteiger partial charge in [0.2, 0.25) is 11.9 Å². The van der Waals surface area contributed by atoms with Crippen LogP contribution in [0.2, 0.25) is 0 Å². The van der Waals surface area contributed by atoms with Crippen molar-refractivity contribution >= 4 is 11.9 Å². The predicted octanol–water partition coefficient (Wildman–Crippen LogP) is 1.32. The van der Waals surface area contributed by atoms with E-state index in [1.165, 1.54) is 25.7 Å². The molecule has 1 aliphatic carbocycles. The maximum Gasteiger partial charge on any atom is 0.242 e. The van der Waals surface area contributed by atoms with E-state index >= 15 is 0 Å². The highest BCUT2D eigenvalue weighted by atomic mass is 16.2. The topological polar surface area (TPSA) is 49.3 Å². The van der Waals surface area contributed by atoms with E-state index in [1.54, 1.807) is 18.5 Å². The van der Waals surface area contributed by atoms with Gasteiger partial charge in [-0.15, -0.1) is 0 Å². The van der Waals surface area contributed by atoms with Gasteiger partial charge in [-0.1, -0.05) is 12.8 Å². The third-order valence-corrected chi connectivity index (χ3v) is 4.11. The largest absolute Gasteiger partial charge is 0.339 e. The molecular weight excluding hydrogens is 240 g/mol. The molecule has 0 bridgehead atoms. The summed E-state index contributed by atoms with van der Waals surface area (Å²) >= 11 is 0. The predicted molar refractivity (Wildman–Crippen MR) is 72.8 cm³/mol. The summed E-state index contributed by atoms with van der Waals surface area (Å²) in [5, 5.41) is 0. The van der Waals surface area contributed by atoms with Crippen molar-refractivity contribution in [1.82, 2.24) is 14.9 Å². The summed E-state index contributed by atoms with van der Waals surface area (Å²) in [4.78, 5) is 24.6. The van der Waals surface area contributed by atoms with Gasteiger partial charge >= 0.3 is 0 Å². The Morgan fingerprint density at radius 3 is 2.58 bits per heavy atom.